The van der Waals surface area contributed by atoms with Gasteiger partial charge in [-0.3, -0.25) is 9.59 Å². The molecule has 1 N–H and O–H groups in total. The Labute approximate surface area is 77.8 Å². The van der Waals surface area contributed by atoms with Crippen LogP contribution >= 0.6 is 0 Å². The van der Waals surface area contributed by atoms with Gasteiger partial charge in [0.25, 0.3) is 0 Å². The van der Waals surface area contributed by atoms with E-state index in [-0.39, 0.29) is 12.5 Å². The van der Waals surface area contributed by atoms with Crippen LogP contribution in [0.25, 0.3) is 0 Å². The Hall–Kier alpha value is -1.32. The Bertz CT molecular complexity index is 213. The summed E-state index contributed by atoms with van der Waals surface area (Å²) in [5.41, 5.74) is 0. The number of nitrogens with zero attached hydrogens (tertiary/aromatic N) is 1. The largest absolute Gasteiger partial charge is 0.481 e. The van der Waals surface area contributed by atoms with E-state index in [2.05, 4.69) is 6.58 Å². The van der Waals surface area contributed by atoms with Crippen molar-refractivity contribution in [3.05, 3.63) is 12.7 Å². The molecule has 0 aromatic rings. The molecule has 0 saturated carbocycles. The van der Waals surface area contributed by atoms with Gasteiger partial charge in [-0.15, -0.1) is 0 Å². The van der Waals surface area contributed by atoms with E-state index in [4.69, 9.17) is 5.11 Å². The topological polar surface area (TPSA) is 57.6 Å². The van der Waals surface area contributed by atoms with Gasteiger partial charge < -0.3 is 10.0 Å². The SMILES string of the molecule is C=CC(=O)N(C)CC(CC)C(=O)O. The van der Waals surface area contributed by atoms with Crippen molar-refractivity contribution in [1.29, 1.82) is 0 Å². The molecule has 0 rings (SSSR count). The molecule has 74 valence electrons. The van der Waals surface area contributed by atoms with Crippen molar-refractivity contribution in [2.45, 2.75) is 13.3 Å². The van der Waals surface area contributed by atoms with E-state index in [9.17, 15) is 9.59 Å². The fourth-order valence-electron chi connectivity index (χ4n) is 0.958. The molecule has 0 aromatic heterocycles. The number of rotatable bonds is 5. The average molecular weight is 185 g/mol. The van der Waals surface area contributed by atoms with Gasteiger partial charge in [0.15, 0.2) is 0 Å². The smallest absolute Gasteiger partial charge is 0.308 e. The first kappa shape index (κ1) is 11.7. The quantitative estimate of drug-likeness (QED) is 0.643. The lowest BCUT2D eigenvalue weighted by molar-refractivity contribution is -0.143. The molecule has 0 fully saturated rings. The number of hydrogen-bond donors (Lipinski definition) is 1. The maximum atomic E-state index is 11.0. The number of carboxylic acid groups (broad SMARTS) is 1. The molecule has 4 heteroatoms. The summed E-state index contributed by atoms with van der Waals surface area (Å²) in [5.74, 6) is -1.61. The number of carbonyl (C=O) groups excluding carboxylic acids is 1. The Kier molecular flexibility index (Phi) is 4.80. The lowest BCUT2D eigenvalue weighted by Gasteiger charge is -2.18. The van der Waals surface area contributed by atoms with Crippen molar-refractivity contribution in [2.24, 2.45) is 5.92 Å². The predicted octanol–water partition coefficient (Wildman–Crippen LogP) is 0.742. The molecule has 4 nitrogen and oxygen atoms in total. The Morgan fingerprint density at radius 1 is 1.62 bits per heavy atom. The predicted molar refractivity (Wildman–Crippen MR) is 49.3 cm³/mol. The third kappa shape index (κ3) is 3.73. The van der Waals surface area contributed by atoms with Crippen LogP contribution < -0.4 is 0 Å². The molecule has 0 saturated heterocycles. The number of aliphatic carboxylic acids is 1. The van der Waals surface area contributed by atoms with Crippen LogP contribution in [0, 0.1) is 5.92 Å². The van der Waals surface area contributed by atoms with Crippen LogP contribution in [0.15, 0.2) is 12.7 Å². The zero-order chi connectivity index (χ0) is 10.4. The van der Waals surface area contributed by atoms with Crippen LogP contribution in [0.4, 0.5) is 0 Å². The van der Waals surface area contributed by atoms with E-state index in [1.165, 1.54) is 11.0 Å². The number of carbonyl (C=O) groups is 2. The summed E-state index contributed by atoms with van der Waals surface area (Å²) in [6.45, 7) is 5.34. The van der Waals surface area contributed by atoms with Gasteiger partial charge >= 0.3 is 5.97 Å². The molecule has 0 aliphatic rings. The highest BCUT2D eigenvalue weighted by Crippen LogP contribution is 2.04. The number of carboxylic acids is 1. The minimum absolute atomic E-state index is 0.233. The number of amides is 1. The monoisotopic (exact) mass is 185 g/mol. The second-order valence-electron chi connectivity index (χ2n) is 2.87. The van der Waals surface area contributed by atoms with Gasteiger partial charge in [0.1, 0.15) is 0 Å². The van der Waals surface area contributed by atoms with E-state index in [0.29, 0.717) is 6.42 Å². The first-order valence-electron chi connectivity index (χ1n) is 4.13. The van der Waals surface area contributed by atoms with Gasteiger partial charge in [0.2, 0.25) is 5.91 Å². The average Bonchev–Trinajstić information content (AvgIpc) is 2.11. The fourth-order valence-corrected chi connectivity index (χ4v) is 0.958. The van der Waals surface area contributed by atoms with Crippen LogP contribution in [0.5, 0.6) is 0 Å². The van der Waals surface area contributed by atoms with Crippen molar-refractivity contribution >= 4 is 11.9 Å². The third-order valence-corrected chi connectivity index (χ3v) is 1.89. The maximum Gasteiger partial charge on any atom is 0.308 e. The maximum absolute atomic E-state index is 11.0. The first-order valence-corrected chi connectivity index (χ1v) is 4.13. The minimum Gasteiger partial charge on any atom is -0.481 e. The molecule has 13 heavy (non-hydrogen) atoms. The number of likely N-dealkylation sites (N-methyl/N-ethyl adjacent to an activating group) is 1. The van der Waals surface area contributed by atoms with Gasteiger partial charge in [0, 0.05) is 13.6 Å². The Morgan fingerprint density at radius 2 is 2.15 bits per heavy atom. The van der Waals surface area contributed by atoms with E-state index in [1.807, 2.05) is 0 Å². The minimum atomic E-state index is -0.869. The molecule has 0 aromatic carbocycles. The molecular weight excluding hydrogens is 170 g/mol. The molecule has 0 spiro atoms. The summed E-state index contributed by atoms with van der Waals surface area (Å²) in [6.07, 6.45) is 1.69. The van der Waals surface area contributed by atoms with Gasteiger partial charge in [-0.05, 0) is 12.5 Å². The summed E-state index contributed by atoms with van der Waals surface area (Å²) in [7, 11) is 1.57. The van der Waals surface area contributed by atoms with Crippen LogP contribution in [0.1, 0.15) is 13.3 Å². The molecule has 1 amide bonds. The van der Waals surface area contributed by atoms with E-state index < -0.39 is 11.9 Å². The molecule has 0 aliphatic carbocycles. The second-order valence-corrected chi connectivity index (χ2v) is 2.87. The van der Waals surface area contributed by atoms with Crippen molar-refractivity contribution < 1.29 is 14.7 Å². The van der Waals surface area contributed by atoms with Gasteiger partial charge in [-0.1, -0.05) is 13.5 Å². The van der Waals surface area contributed by atoms with E-state index in [1.54, 1.807) is 14.0 Å². The van der Waals surface area contributed by atoms with E-state index in [0.717, 1.165) is 0 Å². The molecular formula is C9H15NO3. The summed E-state index contributed by atoms with van der Waals surface area (Å²) in [4.78, 5) is 23.0. The first-order chi connectivity index (χ1) is 6.02. The van der Waals surface area contributed by atoms with Gasteiger partial charge in [0.05, 0.1) is 5.92 Å². The molecule has 1 atom stereocenters. The molecule has 0 radical (unpaired) electrons. The lowest BCUT2D eigenvalue weighted by atomic mass is 10.1. The summed E-state index contributed by atoms with van der Waals surface area (Å²) < 4.78 is 0. The summed E-state index contributed by atoms with van der Waals surface area (Å²) in [5, 5.41) is 8.71. The zero-order valence-corrected chi connectivity index (χ0v) is 7.99. The van der Waals surface area contributed by atoms with Crippen molar-refractivity contribution in [3.63, 3.8) is 0 Å². The van der Waals surface area contributed by atoms with Crippen molar-refractivity contribution in [2.75, 3.05) is 13.6 Å². The highest BCUT2D eigenvalue weighted by molar-refractivity contribution is 5.87. The summed E-state index contributed by atoms with van der Waals surface area (Å²) >= 11 is 0. The molecule has 0 heterocycles. The van der Waals surface area contributed by atoms with Crippen LogP contribution in [-0.4, -0.2) is 35.5 Å². The fraction of sp³-hybridized carbons (Fsp3) is 0.556. The highest BCUT2D eigenvalue weighted by atomic mass is 16.4. The summed E-state index contributed by atoms with van der Waals surface area (Å²) in [6, 6.07) is 0. The number of hydrogen-bond acceptors (Lipinski definition) is 2. The second kappa shape index (κ2) is 5.35. The van der Waals surface area contributed by atoms with Crippen molar-refractivity contribution in [1.82, 2.24) is 4.90 Å². The van der Waals surface area contributed by atoms with Crippen LogP contribution in [0.3, 0.4) is 0 Å². The van der Waals surface area contributed by atoms with Gasteiger partial charge in [-0.25, -0.2) is 0 Å². The molecule has 0 bridgehead atoms. The van der Waals surface area contributed by atoms with E-state index >= 15 is 0 Å². The van der Waals surface area contributed by atoms with Gasteiger partial charge in [-0.2, -0.15) is 0 Å². The zero-order valence-electron chi connectivity index (χ0n) is 7.99. The molecule has 1 unspecified atom stereocenters. The normalized spacial score (nSPS) is 11.8. The standard InChI is InChI=1S/C9H15NO3/c1-4-7(9(12)13)6-10(3)8(11)5-2/h5,7H,2,4,6H2,1,3H3,(H,12,13). The third-order valence-electron chi connectivity index (χ3n) is 1.89. The Balaban J connectivity index is 4.15. The highest BCUT2D eigenvalue weighted by Gasteiger charge is 2.18. The lowest BCUT2D eigenvalue weighted by Crippen LogP contribution is -2.33. The van der Waals surface area contributed by atoms with Crippen LogP contribution in [0.2, 0.25) is 0 Å². The Morgan fingerprint density at radius 3 is 2.46 bits per heavy atom. The van der Waals surface area contributed by atoms with Crippen LogP contribution in [-0.2, 0) is 9.59 Å². The van der Waals surface area contributed by atoms with Crippen molar-refractivity contribution in [3.8, 4) is 0 Å². The molecule has 0 aliphatic heterocycles.